The van der Waals surface area contributed by atoms with E-state index in [9.17, 15) is 4.79 Å². The number of hydrogen-bond acceptors (Lipinski definition) is 5. The van der Waals surface area contributed by atoms with Crippen LogP contribution in [0.2, 0.25) is 5.02 Å². The van der Waals surface area contributed by atoms with E-state index < -0.39 is 5.97 Å². The highest BCUT2D eigenvalue weighted by Gasteiger charge is 2.22. The summed E-state index contributed by atoms with van der Waals surface area (Å²) in [6.07, 6.45) is 1.68. The lowest BCUT2D eigenvalue weighted by atomic mass is 10.1. The van der Waals surface area contributed by atoms with Crippen molar-refractivity contribution >= 4 is 17.6 Å². The number of rotatable bonds is 9. The summed E-state index contributed by atoms with van der Waals surface area (Å²) in [5, 5.41) is 9.43. The largest absolute Gasteiger partial charge is 0.488 e. The maximum absolute atomic E-state index is 10.8. The summed E-state index contributed by atoms with van der Waals surface area (Å²) in [5.41, 5.74) is 1.11. The number of benzene rings is 1. The maximum Gasteiger partial charge on any atom is 0.317 e. The van der Waals surface area contributed by atoms with Gasteiger partial charge in [0.15, 0.2) is 0 Å². The number of carboxylic acids is 1. The molecule has 1 heterocycles. The van der Waals surface area contributed by atoms with Crippen LogP contribution in [0.5, 0.6) is 5.75 Å². The standard InChI is InChI=1S/C18H25ClN2O4/c1-3-7-25-17-5-4-14(9-16(17)19)10-21-6-8-24-15(12-21)11-20(2)13-18(22)23/h3-5,9,15H,1,6-8,10-13H2,2H3,(H,22,23). The first-order chi connectivity index (χ1) is 12.0. The molecule has 1 aliphatic rings. The normalized spacial score (nSPS) is 18.3. The van der Waals surface area contributed by atoms with Gasteiger partial charge < -0.3 is 14.6 Å². The highest BCUT2D eigenvalue weighted by Crippen LogP contribution is 2.26. The van der Waals surface area contributed by atoms with Gasteiger partial charge in [0.2, 0.25) is 0 Å². The summed E-state index contributed by atoms with van der Waals surface area (Å²) < 4.78 is 11.2. The Kier molecular flexibility index (Phi) is 7.71. The molecule has 25 heavy (non-hydrogen) atoms. The molecule has 0 bridgehead atoms. The van der Waals surface area contributed by atoms with Crippen LogP contribution < -0.4 is 4.74 Å². The molecule has 0 aromatic heterocycles. The number of carboxylic acid groups (broad SMARTS) is 1. The van der Waals surface area contributed by atoms with E-state index in [1.165, 1.54) is 0 Å². The van der Waals surface area contributed by atoms with Gasteiger partial charge in [0, 0.05) is 26.2 Å². The van der Waals surface area contributed by atoms with Gasteiger partial charge in [-0.1, -0.05) is 30.3 Å². The average molecular weight is 369 g/mol. The van der Waals surface area contributed by atoms with Crippen LogP contribution in [0.1, 0.15) is 5.56 Å². The van der Waals surface area contributed by atoms with Crippen molar-refractivity contribution < 1.29 is 19.4 Å². The van der Waals surface area contributed by atoms with Crippen LogP contribution in [0.3, 0.4) is 0 Å². The second kappa shape index (κ2) is 9.77. The number of aliphatic carboxylic acids is 1. The third-order valence-corrected chi connectivity index (χ3v) is 4.20. The molecule has 1 saturated heterocycles. The lowest BCUT2D eigenvalue weighted by Crippen LogP contribution is -2.47. The first-order valence-corrected chi connectivity index (χ1v) is 8.62. The van der Waals surface area contributed by atoms with E-state index in [1.54, 1.807) is 18.0 Å². The quantitative estimate of drug-likeness (QED) is 0.674. The Morgan fingerprint density at radius 1 is 1.60 bits per heavy atom. The fraction of sp³-hybridized carbons (Fsp3) is 0.500. The first-order valence-electron chi connectivity index (χ1n) is 8.24. The minimum Gasteiger partial charge on any atom is -0.488 e. The number of halogens is 1. The van der Waals surface area contributed by atoms with E-state index in [2.05, 4.69) is 11.5 Å². The fourth-order valence-corrected chi connectivity index (χ4v) is 3.10. The summed E-state index contributed by atoms with van der Waals surface area (Å²) in [6.45, 7) is 7.66. The van der Waals surface area contributed by atoms with E-state index in [-0.39, 0.29) is 12.6 Å². The Bertz CT molecular complexity index is 596. The monoisotopic (exact) mass is 368 g/mol. The van der Waals surface area contributed by atoms with Crippen LogP contribution in [0.25, 0.3) is 0 Å². The van der Waals surface area contributed by atoms with Crippen molar-refractivity contribution in [2.45, 2.75) is 12.6 Å². The number of likely N-dealkylation sites (N-methyl/N-ethyl adjacent to an activating group) is 1. The van der Waals surface area contributed by atoms with Crippen molar-refractivity contribution in [3.63, 3.8) is 0 Å². The van der Waals surface area contributed by atoms with Gasteiger partial charge in [-0.25, -0.2) is 0 Å². The molecule has 7 heteroatoms. The van der Waals surface area contributed by atoms with E-state index in [0.717, 1.165) is 25.2 Å². The molecule has 0 amide bonds. The van der Waals surface area contributed by atoms with Gasteiger partial charge >= 0.3 is 5.97 Å². The van der Waals surface area contributed by atoms with Crippen molar-refractivity contribution in [2.24, 2.45) is 0 Å². The smallest absolute Gasteiger partial charge is 0.317 e. The van der Waals surface area contributed by atoms with Crippen LogP contribution in [0, 0.1) is 0 Å². The molecule has 1 fully saturated rings. The molecule has 0 spiro atoms. The molecule has 1 aromatic rings. The first kappa shape index (κ1) is 19.7. The second-order valence-electron chi connectivity index (χ2n) is 6.18. The maximum atomic E-state index is 10.8. The molecule has 1 aromatic carbocycles. The van der Waals surface area contributed by atoms with Crippen molar-refractivity contribution in [1.82, 2.24) is 9.80 Å². The topological polar surface area (TPSA) is 62.2 Å². The van der Waals surface area contributed by atoms with E-state index in [4.69, 9.17) is 26.2 Å². The zero-order valence-electron chi connectivity index (χ0n) is 14.5. The van der Waals surface area contributed by atoms with E-state index in [0.29, 0.717) is 30.5 Å². The Hall–Kier alpha value is -1.60. The van der Waals surface area contributed by atoms with Crippen molar-refractivity contribution in [3.05, 3.63) is 41.4 Å². The van der Waals surface area contributed by atoms with Gasteiger partial charge in [-0.3, -0.25) is 14.6 Å². The lowest BCUT2D eigenvalue weighted by molar-refractivity contribution is -0.138. The van der Waals surface area contributed by atoms with Crippen molar-refractivity contribution in [1.29, 1.82) is 0 Å². The molecule has 138 valence electrons. The van der Waals surface area contributed by atoms with Crippen LogP contribution in [-0.2, 0) is 16.1 Å². The Balaban J connectivity index is 1.88. The highest BCUT2D eigenvalue weighted by atomic mass is 35.5. The predicted molar refractivity (Wildman–Crippen MR) is 97.3 cm³/mol. The fourth-order valence-electron chi connectivity index (χ4n) is 2.84. The Morgan fingerprint density at radius 2 is 2.40 bits per heavy atom. The van der Waals surface area contributed by atoms with Gasteiger partial charge in [-0.05, 0) is 24.7 Å². The summed E-state index contributed by atoms with van der Waals surface area (Å²) in [7, 11) is 1.79. The third kappa shape index (κ3) is 6.66. The average Bonchev–Trinajstić information content (AvgIpc) is 2.53. The van der Waals surface area contributed by atoms with Gasteiger partial charge in [0.25, 0.3) is 0 Å². The number of nitrogens with zero attached hydrogens (tertiary/aromatic N) is 2. The van der Waals surface area contributed by atoms with Gasteiger partial charge in [0.1, 0.15) is 12.4 Å². The number of morpholine rings is 1. The molecule has 0 aliphatic carbocycles. The Labute approximate surface area is 153 Å². The van der Waals surface area contributed by atoms with Crippen molar-refractivity contribution in [2.75, 3.05) is 46.4 Å². The molecule has 1 atom stereocenters. The minimum absolute atomic E-state index is 0.00349. The van der Waals surface area contributed by atoms with Gasteiger partial charge in [0.05, 0.1) is 24.3 Å². The highest BCUT2D eigenvalue weighted by molar-refractivity contribution is 6.32. The van der Waals surface area contributed by atoms with Crippen LogP contribution in [0.4, 0.5) is 0 Å². The molecule has 1 unspecified atom stereocenters. The molecule has 6 nitrogen and oxygen atoms in total. The molecule has 1 N–H and O–H groups in total. The summed E-state index contributed by atoms with van der Waals surface area (Å²) in [5.74, 6) is -0.177. The lowest BCUT2D eigenvalue weighted by Gasteiger charge is -2.34. The number of hydrogen-bond donors (Lipinski definition) is 1. The molecule has 2 rings (SSSR count). The summed E-state index contributed by atoms with van der Waals surface area (Å²) in [4.78, 5) is 14.8. The summed E-state index contributed by atoms with van der Waals surface area (Å²) >= 11 is 6.26. The van der Waals surface area contributed by atoms with Crippen LogP contribution in [0.15, 0.2) is 30.9 Å². The van der Waals surface area contributed by atoms with Crippen LogP contribution in [-0.4, -0.2) is 73.4 Å². The minimum atomic E-state index is -0.830. The second-order valence-corrected chi connectivity index (χ2v) is 6.59. The number of ether oxygens (including phenoxy) is 2. The number of carbonyl (C=O) groups is 1. The SMILES string of the molecule is C=CCOc1ccc(CN2CCOC(CN(C)CC(=O)O)C2)cc1Cl. The van der Waals surface area contributed by atoms with Crippen LogP contribution >= 0.6 is 11.6 Å². The predicted octanol–water partition coefficient (Wildman–Crippen LogP) is 2.12. The van der Waals surface area contributed by atoms with E-state index >= 15 is 0 Å². The zero-order valence-corrected chi connectivity index (χ0v) is 15.2. The van der Waals surface area contributed by atoms with Gasteiger partial charge in [-0.2, -0.15) is 0 Å². The zero-order chi connectivity index (χ0) is 18.2. The van der Waals surface area contributed by atoms with Crippen molar-refractivity contribution in [3.8, 4) is 5.75 Å². The Morgan fingerprint density at radius 3 is 3.08 bits per heavy atom. The molecule has 0 saturated carbocycles. The molecular weight excluding hydrogens is 344 g/mol. The summed E-state index contributed by atoms with van der Waals surface area (Å²) in [6, 6.07) is 5.80. The van der Waals surface area contributed by atoms with E-state index in [1.807, 2.05) is 18.2 Å². The van der Waals surface area contributed by atoms with Gasteiger partial charge in [-0.15, -0.1) is 0 Å². The molecule has 1 aliphatic heterocycles. The molecule has 0 radical (unpaired) electrons. The third-order valence-electron chi connectivity index (χ3n) is 3.90. The molecular formula is C18H25ClN2O4.